The first-order valence-corrected chi connectivity index (χ1v) is 7.12. The molecule has 0 unspecified atom stereocenters. The molecule has 0 bridgehead atoms. The van der Waals surface area contributed by atoms with Gasteiger partial charge in [-0.25, -0.2) is 9.78 Å². The molecular formula is C13H7BrF3NO2S. The normalized spacial score (nSPS) is 11.4. The van der Waals surface area contributed by atoms with Crippen LogP contribution >= 0.6 is 27.7 Å². The zero-order chi connectivity index (χ0) is 15.6. The number of hydrogen-bond acceptors (Lipinski definition) is 3. The fourth-order valence-electron chi connectivity index (χ4n) is 1.51. The van der Waals surface area contributed by atoms with Crippen LogP contribution in [0.1, 0.15) is 15.9 Å². The number of aromatic carboxylic acids is 1. The summed E-state index contributed by atoms with van der Waals surface area (Å²) in [6.07, 6.45) is -3.42. The van der Waals surface area contributed by atoms with Gasteiger partial charge < -0.3 is 5.11 Å². The van der Waals surface area contributed by atoms with E-state index in [1.165, 1.54) is 12.1 Å². The first-order valence-electron chi connectivity index (χ1n) is 5.51. The number of aromatic nitrogens is 1. The Morgan fingerprint density at radius 3 is 2.57 bits per heavy atom. The van der Waals surface area contributed by atoms with Crippen LogP contribution in [0.25, 0.3) is 0 Å². The molecule has 0 fully saturated rings. The first-order chi connectivity index (χ1) is 9.77. The van der Waals surface area contributed by atoms with E-state index in [0.717, 1.165) is 30.1 Å². The van der Waals surface area contributed by atoms with E-state index in [1.807, 2.05) is 0 Å². The molecule has 1 heterocycles. The maximum atomic E-state index is 12.6. The summed E-state index contributed by atoms with van der Waals surface area (Å²) in [5.74, 6) is -1.16. The Morgan fingerprint density at radius 1 is 1.24 bits per heavy atom. The topological polar surface area (TPSA) is 50.2 Å². The van der Waals surface area contributed by atoms with Crippen LogP contribution in [0, 0.1) is 0 Å². The highest BCUT2D eigenvalue weighted by atomic mass is 79.9. The van der Waals surface area contributed by atoms with E-state index in [0.29, 0.717) is 9.37 Å². The highest BCUT2D eigenvalue weighted by Crippen LogP contribution is 2.35. The van der Waals surface area contributed by atoms with E-state index in [4.69, 9.17) is 5.11 Å². The minimum Gasteiger partial charge on any atom is -0.478 e. The Morgan fingerprint density at radius 2 is 1.95 bits per heavy atom. The Kier molecular flexibility index (Phi) is 4.58. The number of rotatable bonds is 3. The molecule has 0 saturated heterocycles. The maximum absolute atomic E-state index is 12.6. The second-order valence-corrected chi connectivity index (χ2v) is 5.91. The molecular weight excluding hydrogens is 371 g/mol. The van der Waals surface area contributed by atoms with Gasteiger partial charge >= 0.3 is 12.1 Å². The predicted molar refractivity (Wildman–Crippen MR) is 74.5 cm³/mol. The average molecular weight is 378 g/mol. The van der Waals surface area contributed by atoms with Gasteiger partial charge in [0, 0.05) is 15.6 Å². The van der Waals surface area contributed by atoms with Gasteiger partial charge in [-0.2, -0.15) is 13.2 Å². The standard InChI is InChI=1S/C13H7BrF3NO2S/c14-8-1-2-9(12(19)20)10(6-8)21-11-5-7(3-4-18-11)13(15,16)17/h1-6H,(H,19,20). The van der Waals surface area contributed by atoms with Crippen LogP contribution in [0.3, 0.4) is 0 Å². The number of halogens is 4. The third-order valence-corrected chi connectivity index (χ3v) is 3.93. The smallest absolute Gasteiger partial charge is 0.416 e. The molecule has 0 aliphatic carbocycles. The van der Waals surface area contributed by atoms with Crippen molar-refractivity contribution < 1.29 is 23.1 Å². The molecule has 1 aromatic carbocycles. The molecule has 21 heavy (non-hydrogen) atoms. The number of pyridine rings is 1. The lowest BCUT2D eigenvalue weighted by atomic mass is 10.2. The number of hydrogen-bond donors (Lipinski definition) is 1. The second kappa shape index (κ2) is 6.07. The minimum absolute atomic E-state index is 0.00223. The fraction of sp³-hybridized carbons (Fsp3) is 0.0769. The van der Waals surface area contributed by atoms with Crippen molar-refractivity contribution >= 4 is 33.7 Å². The van der Waals surface area contributed by atoms with Crippen molar-refractivity contribution in [2.24, 2.45) is 0 Å². The summed E-state index contributed by atoms with van der Waals surface area (Å²) in [4.78, 5) is 15.3. The fourth-order valence-corrected chi connectivity index (χ4v) is 3.00. The number of carbonyl (C=O) groups is 1. The summed E-state index contributed by atoms with van der Waals surface area (Å²) in [7, 11) is 0. The van der Waals surface area contributed by atoms with E-state index in [1.54, 1.807) is 6.07 Å². The molecule has 0 saturated carbocycles. The van der Waals surface area contributed by atoms with Crippen LogP contribution in [-0.2, 0) is 6.18 Å². The van der Waals surface area contributed by atoms with Crippen LogP contribution in [0.5, 0.6) is 0 Å². The maximum Gasteiger partial charge on any atom is 0.416 e. The van der Waals surface area contributed by atoms with Crippen molar-refractivity contribution in [3.8, 4) is 0 Å². The van der Waals surface area contributed by atoms with E-state index >= 15 is 0 Å². The Labute approximate surface area is 130 Å². The summed E-state index contributed by atoms with van der Waals surface area (Å²) >= 11 is 4.06. The van der Waals surface area contributed by atoms with Crippen molar-refractivity contribution in [1.82, 2.24) is 4.98 Å². The lowest BCUT2D eigenvalue weighted by molar-refractivity contribution is -0.137. The van der Waals surface area contributed by atoms with Crippen molar-refractivity contribution in [3.05, 3.63) is 52.1 Å². The number of benzene rings is 1. The summed E-state index contributed by atoms with van der Waals surface area (Å²) in [5, 5.41) is 9.16. The third kappa shape index (κ3) is 3.98. The highest BCUT2D eigenvalue weighted by molar-refractivity contribution is 9.10. The molecule has 0 radical (unpaired) electrons. The monoisotopic (exact) mass is 377 g/mol. The SMILES string of the molecule is O=C(O)c1ccc(Br)cc1Sc1cc(C(F)(F)F)ccn1. The van der Waals surface area contributed by atoms with Crippen LogP contribution < -0.4 is 0 Å². The van der Waals surface area contributed by atoms with Gasteiger partial charge in [0.15, 0.2) is 0 Å². The largest absolute Gasteiger partial charge is 0.478 e. The summed E-state index contributed by atoms with van der Waals surface area (Å²) < 4.78 is 38.5. The lowest BCUT2D eigenvalue weighted by Gasteiger charge is -2.09. The summed E-state index contributed by atoms with van der Waals surface area (Å²) in [5.41, 5.74) is -0.825. The summed E-state index contributed by atoms with van der Waals surface area (Å²) in [6.45, 7) is 0. The van der Waals surface area contributed by atoms with Gasteiger partial charge in [-0.1, -0.05) is 27.7 Å². The van der Waals surface area contributed by atoms with Gasteiger partial charge in [0.2, 0.25) is 0 Å². The van der Waals surface area contributed by atoms with Gasteiger partial charge in [0.1, 0.15) is 5.03 Å². The van der Waals surface area contributed by atoms with Crippen molar-refractivity contribution in [3.63, 3.8) is 0 Å². The van der Waals surface area contributed by atoms with Crippen LogP contribution in [0.2, 0.25) is 0 Å². The number of carboxylic acids is 1. The molecule has 2 aromatic rings. The molecule has 8 heteroatoms. The van der Waals surface area contributed by atoms with Gasteiger partial charge in [-0.3, -0.25) is 0 Å². The first kappa shape index (κ1) is 15.8. The summed E-state index contributed by atoms with van der Waals surface area (Å²) in [6, 6.07) is 6.20. The van der Waals surface area contributed by atoms with Crippen molar-refractivity contribution in [2.45, 2.75) is 16.1 Å². The van der Waals surface area contributed by atoms with E-state index in [2.05, 4.69) is 20.9 Å². The van der Waals surface area contributed by atoms with Crippen molar-refractivity contribution in [1.29, 1.82) is 0 Å². The molecule has 0 amide bonds. The number of carboxylic acid groups (broad SMARTS) is 1. The quantitative estimate of drug-likeness (QED) is 0.841. The van der Waals surface area contributed by atoms with Crippen LogP contribution in [0.15, 0.2) is 50.9 Å². The van der Waals surface area contributed by atoms with Crippen LogP contribution in [0.4, 0.5) is 13.2 Å². The molecule has 0 aliphatic rings. The Hall–Kier alpha value is -1.54. The zero-order valence-electron chi connectivity index (χ0n) is 10.2. The number of nitrogens with zero attached hydrogens (tertiary/aromatic N) is 1. The van der Waals surface area contributed by atoms with Gasteiger partial charge in [-0.05, 0) is 30.3 Å². The highest BCUT2D eigenvalue weighted by Gasteiger charge is 2.30. The Bertz CT molecular complexity index is 691. The van der Waals surface area contributed by atoms with Crippen molar-refractivity contribution in [2.75, 3.05) is 0 Å². The van der Waals surface area contributed by atoms with Gasteiger partial charge in [-0.15, -0.1) is 0 Å². The van der Waals surface area contributed by atoms with Gasteiger partial charge in [0.05, 0.1) is 11.1 Å². The van der Waals surface area contributed by atoms with Crippen LogP contribution in [-0.4, -0.2) is 16.1 Å². The predicted octanol–water partition coefficient (Wildman–Crippen LogP) is 4.71. The molecule has 1 N–H and O–H groups in total. The van der Waals surface area contributed by atoms with E-state index in [-0.39, 0.29) is 10.6 Å². The molecule has 0 aliphatic heterocycles. The average Bonchev–Trinajstić information content (AvgIpc) is 2.37. The molecule has 0 spiro atoms. The number of alkyl halides is 3. The molecule has 2 rings (SSSR count). The lowest BCUT2D eigenvalue weighted by Crippen LogP contribution is -2.05. The Balaban J connectivity index is 2.39. The van der Waals surface area contributed by atoms with E-state index in [9.17, 15) is 18.0 Å². The zero-order valence-corrected chi connectivity index (χ0v) is 12.6. The van der Waals surface area contributed by atoms with Gasteiger partial charge in [0.25, 0.3) is 0 Å². The molecule has 0 atom stereocenters. The second-order valence-electron chi connectivity index (χ2n) is 3.93. The third-order valence-electron chi connectivity index (χ3n) is 2.45. The van der Waals surface area contributed by atoms with E-state index < -0.39 is 17.7 Å². The molecule has 1 aromatic heterocycles. The molecule has 110 valence electrons. The minimum atomic E-state index is -4.47. The molecule has 3 nitrogen and oxygen atoms in total.